The molecule has 9 heavy (non-hydrogen) atoms. The number of rotatable bonds is 2. The number of carbonyl (C=O) groups excluding carboxylic acids is 3. The molecule has 0 aliphatic heterocycles. The van der Waals surface area contributed by atoms with Crippen LogP contribution < -0.4 is 0 Å². The molecule has 0 atom stereocenters. The highest BCUT2D eigenvalue weighted by Crippen LogP contribution is 1.81. The summed E-state index contributed by atoms with van der Waals surface area (Å²) in [6.45, 7) is 0. The van der Waals surface area contributed by atoms with Crippen molar-refractivity contribution in [3.05, 3.63) is 0 Å². The Labute approximate surface area is 55.5 Å². The van der Waals surface area contributed by atoms with Gasteiger partial charge in [-0.1, -0.05) is 0 Å². The molecule has 0 saturated heterocycles. The highest BCUT2D eigenvalue weighted by Gasteiger charge is 2.09. The van der Waals surface area contributed by atoms with Crippen molar-refractivity contribution >= 4 is 29.4 Å². The first-order valence-electron chi connectivity index (χ1n) is 1.93. The largest absolute Gasteiger partial charge is 0.325 e. The molecule has 0 N–H and O–H groups in total. The minimum Gasteiger partial charge on any atom is -0.287 e. The van der Waals surface area contributed by atoms with Crippen LogP contribution in [0.2, 0.25) is 0 Å². The van der Waals surface area contributed by atoms with Gasteiger partial charge in [-0.15, -0.1) is 16.6 Å². The quantitative estimate of drug-likeness (QED) is 0.232. The summed E-state index contributed by atoms with van der Waals surface area (Å²) in [5.74, 6) is -2.51. The summed E-state index contributed by atoms with van der Waals surface area (Å²) >= 11 is 4.92. The van der Waals surface area contributed by atoms with Crippen molar-refractivity contribution in [2.24, 2.45) is 4.99 Å². The number of isocyanates is 1. The van der Waals surface area contributed by atoms with Crippen LogP contribution >= 0.6 is 11.6 Å². The van der Waals surface area contributed by atoms with E-state index in [0.29, 0.717) is 0 Å². The van der Waals surface area contributed by atoms with E-state index in [9.17, 15) is 14.4 Å². The third-order valence-electron chi connectivity index (χ3n) is 0.507. The molecule has 0 aromatic carbocycles. The predicted molar refractivity (Wildman–Crippen MR) is 28.9 cm³/mol. The Morgan fingerprint density at radius 3 is 2.44 bits per heavy atom. The minimum atomic E-state index is -1.15. The summed E-state index contributed by atoms with van der Waals surface area (Å²) in [7, 11) is 0. The highest BCUT2D eigenvalue weighted by atomic mass is 35.5. The molecular formula is C4H2ClNO3. The number of hydrogen-bond acceptors (Lipinski definition) is 3. The van der Waals surface area contributed by atoms with E-state index in [4.69, 9.17) is 11.6 Å². The van der Waals surface area contributed by atoms with Crippen LogP contribution in [-0.2, 0) is 14.4 Å². The van der Waals surface area contributed by atoms with Crippen molar-refractivity contribution in [2.45, 2.75) is 0 Å². The first-order valence-corrected chi connectivity index (χ1v) is 2.46. The van der Waals surface area contributed by atoms with Gasteiger partial charge in [-0.2, -0.15) is 0 Å². The Morgan fingerprint density at radius 1 is 1.56 bits per heavy atom. The fourth-order valence-electron chi connectivity index (χ4n) is 0.161. The van der Waals surface area contributed by atoms with Crippen molar-refractivity contribution < 1.29 is 14.4 Å². The van der Waals surface area contributed by atoms with E-state index in [1.165, 1.54) is 0 Å². The smallest absolute Gasteiger partial charge is 0.287 e. The van der Waals surface area contributed by atoms with Gasteiger partial charge in [-0.25, -0.2) is 4.79 Å². The van der Waals surface area contributed by atoms with Crippen LogP contribution in [0.15, 0.2) is 4.99 Å². The second-order valence-electron chi connectivity index (χ2n) is 1.07. The lowest BCUT2D eigenvalue weighted by Gasteiger charge is -1.80. The normalized spacial score (nSPS) is 7.67. The summed E-state index contributed by atoms with van der Waals surface area (Å²) in [4.78, 5) is 32.1. The Balaban J connectivity index is 4.04. The summed E-state index contributed by atoms with van der Waals surface area (Å²) in [5, 5.41) is 0. The monoisotopic (exact) mass is 147 g/mol. The van der Waals surface area contributed by atoms with Gasteiger partial charge in [-0.05, 0) is 0 Å². The minimum absolute atomic E-state index is 0.454. The van der Waals surface area contributed by atoms with E-state index < -0.39 is 17.6 Å². The number of alkyl halides is 1. The molecule has 0 spiro atoms. The van der Waals surface area contributed by atoms with Gasteiger partial charge in [0.15, 0.2) is 0 Å². The van der Waals surface area contributed by atoms with Crippen molar-refractivity contribution in [2.75, 3.05) is 5.88 Å². The van der Waals surface area contributed by atoms with Gasteiger partial charge in [0.2, 0.25) is 11.9 Å². The Kier molecular flexibility index (Phi) is 3.51. The van der Waals surface area contributed by atoms with E-state index in [-0.39, 0.29) is 0 Å². The van der Waals surface area contributed by atoms with Crippen molar-refractivity contribution in [1.29, 1.82) is 0 Å². The van der Waals surface area contributed by atoms with Crippen molar-refractivity contribution in [1.82, 2.24) is 0 Å². The van der Waals surface area contributed by atoms with E-state index >= 15 is 0 Å². The molecule has 0 unspecified atom stereocenters. The zero-order chi connectivity index (χ0) is 7.28. The van der Waals surface area contributed by atoms with Crippen LogP contribution in [0.3, 0.4) is 0 Å². The Morgan fingerprint density at radius 2 is 2.11 bits per heavy atom. The standard InChI is InChI=1S/C4H2ClNO3/c5-1-3(8)4(9)6-2-7/h1H2. The number of amides is 1. The SMILES string of the molecule is O=C=NC(=O)C(=O)CCl. The van der Waals surface area contributed by atoms with E-state index in [1.807, 2.05) is 0 Å². The molecule has 48 valence electrons. The number of carbonyl (C=O) groups is 2. The zero-order valence-electron chi connectivity index (χ0n) is 4.26. The van der Waals surface area contributed by atoms with Gasteiger partial charge in [0.25, 0.3) is 0 Å². The molecule has 0 saturated carbocycles. The number of Topliss-reactive ketones (excluding diaryl/α,β-unsaturated/α-hetero) is 1. The number of halogens is 1. The van der Waals surface area contributed by atoms with E-state index in [1.54, 1.807) is 0 Å². The summed E-state index contributed by atoms with van der Waals surface area (Å²) in [6.07, 6.45) is 0.929. The van der Waals surface area contributed by atoms with Crippen LogP contribution in [0.25, 0.3) is 0 Å². The Bertz CT molecular complexity index is 182. The summed E-state index contributed by atoms with van der Waals surface area (Å²) in [5.41, 5.74) is 0. The van der Waals surface area contributed by atoms with Gasteiger partial charge in [0, 0.05) is 0 Å². The fraction of sp³-hybridized carbons (Fsp3) is 0.250. The molecule has 0 aromatic heterocycles. The topological polar surface area (TPSA) is 63.6 Å². The highest BCUT2D eigenvalue weighted by molar-refractivity contribution is 6.47. The van der Waals surface area contributed by atoms with Gasteiger partial charge < -0.3 is 0 Å². The maximum absolute atomic E-state index is 10.1. The lowest BCUT2D eigenvalue weighted by molar-refractivity contribution is -0.134. The maximum Gasteiger partial charge on any atom is 0.325 e. The van der Waals surface area contributed by atoms with E-state index in [2.05, 4.69) is 4.99 Å². The van der Waals surface area contributed by atoms with E-state index in [0.717, 1.165) is 6.08 Å². The molecule has 0 heterocycles. The molecular weight excluding hydrogens is 146 g/mol. The second-order valence-corrected chi connectivity index (χ2v) is 1.33. The van der Waals surface area contributed by atoms with Crippen LogP contribution in [0.1, 0.15) is 0 Å². The number of hydrogen-bond donors (Lipinski definition) is 0. The molecule has 0 fully saturated rings. The first-order chi connectivity index (χ1) is 4.22. The average Bonchev–Trinajstić information content (AvgIpc) is 1.87. The molecule has 0 radical (unpaired) electrons. The second kappa shape index (κ2) is 3.95. The van der Waals surface area contributed by atoms with Crippen molar-refractivity contribution in [3.8, 4) is 0 Å². The van der Waals surface area contributed by atoms with Gasteiger partial charge in [0.1, 0.15) is 0 Å². The molecule has 0 aliphatic carbocycles. The number of aliphatic imine (C=N–C) groups is 1. The Hall–Kier alpha value is -0.990. The van der Waals surface area contributed by atoms with Crippen LogP contribution in [0, 0.1) is 0 Å². The zero-order valence-corrected chi connectivity index (χ0v) is 5.01. The summed E-state index contributed by atoms with van der Waals surface area (Å²) in [6, 6.07) is 0. The third-order valence-corrected chi connectivity index (χ3v) is 0.750. The van der Waals surface area contributed by atoms with Crippen molar-refractivity contribution in [3.63, 3.8) is 0 Å². The molecule has 4 nitrogen and oxygen atoms in total. The van der Waals surface area contributed by atoms with Crippen LogP contribution in [0.4, 0.5) is 0 Å². The lowest BCUT2D eigenvalue weighted by atomic mass is 10.4. The molecule has 0 bridgehead atoms. The summed E-state index contributed by atoms with van der Waals surface area (Å²) < 4.78 is 0. The predicted octanol–water partition coefficient (Wildman–Crippen LogP) is -0.343. The molecule has 1 amide bonds. The number of nitrogens with zero attached hydrogens (tertiary/aromatic N) is 1. The molecule has 0 aromatic rings. The average molecular weight is 148 g/mol. The maximum atomic E-state index is 10.1. The van der Waals surface area contributed by atoms with Gasteiger partial charge >= 0.3 is 5.91 Å². The van der Waals surface area contributed by atoms with Crippen LogP contribution in [-0.4, -0.2) is 23.7 Å². The van der Waals surface area contributed by atoms with Crippen LogP contribution in [0.5, 0.6) is 0 Å². The molecule has 0 rings (SSSR count). The third kappa shape index (κ3) is 2.74. The lowest BCUT2D eigenvalue weighted by Crippen LogP contribution is -2.11. The van der Waals surface area contributed by atoms with Gasteiger partial charge in [-0.3, -0.25) is 9.59 Å². The molecule has 0 aliphatic rings. The van der Waals surface area contributed by atoms with Gasteiger partial charge in [0.05, 0.1) is 5.88 Å². The first kappa shape index (κ1) is 8.01. The fourth-order valence-corrected chi connectivity index (χ4v) is 0.275. The number of ketones is 1. The molecule has 5 heteroatoms.